The second-order valence-corrected chi connectivity index (χ2v) is 12.4. The summed E-state index contributed by atoms with van der Waals surface area (Å²) in [6, 6.07) is 20.8. The van der Waals surface area contributed by atoms with E-state index in [0.29, 0.717) is 60.3 Å². The number of nitrogens with zero attached hydrogens (tertiary/aromatic N) is 4. The van der Waals surface area contributed by atoms with E-state index in [1.54, 1.807) is 65.2 Å². The first-order valence-corrected chi connectivity index (χ1v) is 17.0. The Morgan fingerprint density at radius 3 is 2.29 bits per heavy atom. The molecule has 3 N–H and O–H groups in total. The fourth-order valence-electron chi connectivity index (χ4n) is 6.10. The van der Waals surface area contributed by atoms with Gasteiger partial charge in [0.1, 0.15) is 5.75 Å². The number of aromatic nitrogens is 2. The Kier molecular flexibility index (Phi) is 11.7. The molecule has 1 aromatic heterocycles. The van der Waals surface area contributed by atoms with Crippen LogP contribution < -0.4 is 15.4 Å². The maximum absolute atomic E-state index is 14.5. The Labute approximate surface area is 287 Å². The number of hydrogen-bond acceptors (Lipinski definition) is 6. The predicted molar refractivity (Wildman–Crippen MR) is 191 cm³/mol. The highest BCUT2D eigenvalue weighted by molar-refractivity contribution is 6.03. The van der Waals surface area contributed by atoms with Crippen LogP contribution in [0.4, 0.5) is 16.2 Å². The average molecular weight is 667 g/mol. The van der Waals surface area contributed by atoms with Crippen LogP contribution in [0.2, 0.25) is 0 Å². The molecule has 0 saturated heterocycles. The van der Waals surface area contributed by atoms with Crippen molar-refractivity contribution in [1.29, 1.82) is 0 Å². The zero-order valence-electron chi connectivity index (χ0n) is 28.7. The van der Waals surface area contributed by atoms with E-state index in [0.717, 1.165) is 36.8 Å². The van der Waals surface area contributed by atoms with Crippen molar-refractivity contribution in [3.63, 3.8) is 0 Å². The number of aryl methyl sites for hydroxylation is 1. The van der Waals surface area contributed by atoms with Gasteiger partial charge in [0.25, 0.3) is 11.8 Å². The molecule has 0 unspecified atom stereocenters. The van der Waals surface area contributed by atoms with Gasteiger partial charge in [0.2, 0.25) is 0 Å². The summed E-state index contributed by atoms with van der Waals surface area (Å²) in [5.41, 5.74) is 4.76. The van der Waals surface area contributed by atoms with Crippen LogP contribution >= 0.6 is 0 Å². The number of fused-ring (bicyclic) bond motifs is 1. The molecule has 0 spiro atoms. The number of urea groups is 1. The van der Waals surface area contributed by atoms with Crippen molar-refractivity contribution in [3.8, 4) is 11.4 Å². The lowest BCUT2D eigenvalue weighted by Gasteiger charge is -2.36. The molecule has 5 rings (SSSR count). The predicted octanol–water partition coefficient (Wildman–Crippen LogP) is 6.44. The van der Waals surface area contributed by atoms with E-state index >= 15 is 0 Å². The Morgan fingerprint density at radius 1 is 0.918 bits per heavy atom. The molecule has 2 heterocycles. The van der Waals surface area contributed by atoms with Gasteiger partial charge in [0.05, 0.1) is 31.0 Å². The average Bonchev–Trinajstić information content (AvgIpc) is 3.51. The van der Waals surface area contributed by atoms with E-state index in [1.165, 1.54) is 0 Å². The van der Waals surface area contributed by atoms with Crippen LogP contribution in [0.1, 0.15) is 77.2 Å². The minimum Gasteiger partial charge on any atom is -0.497 e. The van der Waals surface area contributed by atoms with Crippen molar-refractivity contribution in [1.82, 2.24) is 19.6 Å². The van der Waals surface area contributed by atoms with Crippen molar-refractivity contribution in [3.05, 3.63) is 101 Å². The van der Waals surface area contributed by atoms with Crippen LogP contribution in [0.25, 0.3) is 5.69 Å². The highest BCUT2D eigenvalue weighted by atomic mass is 16.5. The molecule has 11 heteroatoms. The van der Waals surface area contributed by atoms with Gasteiger partial charge >= 0.3 is 6.03 Å². The van der Waals surface area contributed by atoms with E-state index in [-0.39, 0.29) is 24.0 Å². The lowest BCUT2D eigenvalue weighted by molar-refractivity contribution is 0.0544. The standard InChI is InChI=1S/C38H46N6O5/c1-5-7-18-42(19-8-6-2)37(47)34-20-26(3)44(41-34)35-17-16-30(40-38(48)39-29-14-11-15-32(22-29)49-4)23-33(35)36(46)43-24-28-13-10-9-12-27(28)21-31(43)25-45/h9-17,20,22-23,31,45H,5-8,18-19,21,24-25H2,1-4H3,(H2,39,40,48)/t31-/m0/s1. The summed E-state index contributed by atoms with van der Waals surface area (Å²) in [6.45, 7) is 7.47. The maximum atomic E-state index is 14.5. The summed E-state index contributed by atoms with van der Waals surface area (Å²) in [5, 5.41) is 20.7. The number of aliphatic hydroxyl groups is 1. The summed E-state index contributed by atoms with van der Waals surface area (Å²) in [5.74, 6) is 0.135. The van der Waals surface area contributed by atoms with Crippen LogP contribution in [0.5, 0.6) is 5.75 Å². The molecule has 1 aliphatic heterocycles. The van der Waals surface area contributed by atoms with E-state index in [9.17, 15) is 19.5 Å². The summed E-state index contributed by atoms with van der Waals surface area (Å²) in [6.07, 6.45) is 4.27. The summed E-state index contributed by atoms with van der Waals surface area (Å²) >= 11 is 0. The molecule has 4 aromatic rings. The number of carbonyl (C=O) groups excluding carboxylic acids is 3. The number of hydrogen-bond donors (Lipinski definition) is 3. The van der Waals surface area contributed by atoms with E-state index in [2.05, 4.69) is 24.5 Å². The van der Waals surface area contributed by atoms with Gasteiger partial charge in [-0.15, -0.1) is 0 Å². The van der Waals surface area contributed by atoms with Crippen molar-refractivity contribution >= 4 is 29.2 Å². The number of nitrogens with one attached hydrogen (secondary N) is 2. The zero-order valence-corrected chi connectivity index (χ0v) is 28.7. The van der Waals surface area contributed by atoms with Crippen LogP contribution in [0.15, 0.2) is 72.8 Å². The monoisotopic (exact) mass is 666 g/mol. The topological polar surface area (TPSA) is 129 Å². The fraction of sp³-hybridized carbons (Fsp3) is 0.368. The Hall–Kier alpha value is -5.16. The van der Waals surface area contributed by atoms with Gasteiger partial charge < -0.3 is 30.3 Å². The lowest BCUT2D eigenvalue weighted by atomic mass is 9.93. The minimum atomic E-state index is -0.498. The molecule has 0 radical (unpaired) electrons. The molecule has 1 aliphatic rings. The molecule has 0 fully saturated rings. The second-order valence-electron chi connectivity index (χ2n) is 12.4. The normalized spacial score (nSPS) is 13.8. The van der Waals surface area contributed by atoms with Gasteiger partial charge in [-0.25, -0.2) is 9.48 Å². The van der Waals surface area contributed by atoms with Gasteiger partial charge in [-0.3, -0.25) is 9.59 Å². The van der Waals surface area contributed by atoms with Crippen molar-refractivity contribution in [2.45, 2.75) is 65.5 Å². The molecule has 0 bridgehead atoms. The zero-order chi connectivity index (χ0) is 34.9. The van der Waals surface area contributed by atoms with Gasteiger partial charge in [-0.05, 0) is 73.7 Å². The molecule has 3 aromatic carbocycles. The number of benzene rings is 3. The summed E-state index contributed by atoms with van der Waals surface area (Å²) in [7, 11) is 1.55. The molecule has 0 saturated carbocycles. The van der Waals surface area contributed by atoms with Gasteiger partial charge in [-0.2, -0.15) is 5.10 Å². The highest BCUT2D eigenvalue weighted by Crippen LogP contribution is 2.29. The minimum absolute atomic E-state index is 0.142. The first-order chi connectivity index (χ1) is 23.8. The Bertz CT molecular complexity index is 1780. The van der Waals surface area contributed by atoms with E-state index in [4.69, 9.17) is 9.84 Å². The third-order valence-corrected chi connectivity index (χ3v) is 8.82. The number of aliphatic hydroxyl groups excluding tert-OH is 1. The Balaban J connectivity index is 1.51. The quantitative estimate of drug-likeness (QED) is 0.151. The van der Waals surface area contributed by atoms with Crippen molar-refractivity contribution in [2.75, 3.05) is 37.4 Å². The number of methoxy groups -OCH3 is 1. The number of unbranched alkanes of at least 4 members (excludes halogenated alkanes) is 2. The third-order valence-electron chi connectivity index (χ3n) is 8.82. The molecule has 1 atom stereocenters. The molecular formula is C38H46N6O5. The second kappa shape index (κ2) is 16.3. The van der Waals surface area contributed by atoms with Gasteiger partial charge in [0.15, 0.2) is 5.69 Å². The van der Waals surface area contributed by atoms with Crippen molar-refractivity contribution in [2.24, 2.45) is 0 Å². The number of carbonyl (C=O) groups is 3. The Morgan fingerprint density at radius 2 is 1.61 bits per heavy atom. The van der Waals surface area contributed by atoms with Crippen molar-refractivity contribution < 1.29 is 24.2 Å². The van der Waals surface area contributed by atoms with Crippen LogP contribution in [0.3, 0.4) is 0 Å². The largest absolute Gasteiger partial charge is 0.497 e. The first-order valence-electron chi connectivity index (χ1n) is 17.0. The fourth-order valence-corrected chi connectivity index (χ4v) is 6.10. The van der Waals surface area contributed by atoms with E-state index in [1.807, 2.05) is 36.1 Å². The number of ether oxygens (including phenoxy) is 1. The maximum Gasteiger partial charge on any atom is 0.323 e. The first kappa shape index (κ1) is 35.2. The molecule has 4 amide bonds. The van der Waals surface area contributed by atoms with E-state index < -0.39 is 12.1 Å². The summed E-state index contributed by atoms with van der Waals surface area (Å²) in [4.78, 5) is 44.8. The summed E-state index contributed by atoms with van der Waals surface area (Å²) < 4.78 is 6.87. The molecule has 0 aliphatic carbocycles. The van der Waals surface area contributed by atoms with Gasteiger partial charge in [0, 0.05) is 42.8 Å². The molecule has 258 valence electrons. The van der Waals surface area contributed by atoms with Crippen LogP contribution in [-0.4, -0.2) is 75.4 Å². The molecule has 11 nitrogen and oxygen atoms in total. The SMILES string of the molecule is CCCCN(CCCC)C(=O)c1cc(C)n(-c2ccc(NC(=O)Nc3cccc(OC)c3)cc2C(=O)N2Cc3ccccc3C[C@H]2CO)n1. The van der Waals surface area contributed by atoms with Gasteiger partial charge in [-0.1, -0.05) is 57.0 Å². The lowest BCUT2D eigenvalue weighted by Crippen LogP contribution is -2.46. The smallest absolute Gasteiger partial charge is 0.323 e. The third kappa shape index (κ3) is 8.29. The molecular weight excluding hydrogens is 620 g/mol. The highest BCUT2D eigenvalue weighted by Gasteiger charge is 2.32. The molecule has 49 heavy (non-hydrogen) atoms. The van der Waals surface area contributed by atoms with Crippen LogP contribution in [-0.2, 0) is 13.0 Å². The number of anilines is 2. The number of rotatable bonds is 13. The number of amides is 4. The van der Waals surface area contributed by atoms with Crippen LogP contribution in [0, 0.1) is 6.92 Å².